The summed E-state index contributed by atoms with van der Waals surface area (Å²) in [6, 6.07) is 12.5. The number of ether oxygens (including phenoxy) is 1. The lowest BCUT2D eigenvalue weighted by Crippen LogP contribution is -2.27. The van der Waals surface area contributed by atoms with Gasteiger partial charge in [0, 0.05) is 15.7 Å². The molecule has 0 radical (unpaired) electrons. The molecule has 1 nitrogen and oxygen atoms in total. The van der Waals surface area contributed by atoms with Crippen LogP contribution >= 0.6 is 31.9 Å². The largest absolute Gasteiger partial charge is 0.493 e. The van der Waals surface area contributed by atoms with Gasteiger partial charge in [0.05, 0.1) is 6.61 Å². The van der Waals surface area contributed by atoms with Crippen LogP contribution in [0.1, 0.15) is 20.8 Å². The second-order valence-corrected chi connectivity index (χ2v) is 7.74. The van der Waals surface area contributed by atoms with Crippen LogP contribution < -0.4 is 4.74 Å². The van der Waals surface area contributed by atoms with Crippen LogP contribution in [-0.4, -0.2) is 11.9 Å². The quantitative estimate of drug-likeness (QED) is 0.569. The van der Waals surface area contributed by atoms with Crippen molar-refractivity contribution in [1.82, 2.24) is 0 Å². The van der Waals surface area contributed by atoms with Gasteiger partial charge in [-0.3, -0.25) is 0 Å². The van der Waals surface area contributed by atoms with Crippen molar-refractivity contribution in [2.75, 3.05) is 11.9 Å². The third kappa shape index (κ3) is 3.98. The van der Waals surface area contributed by atoms with Gasteiger partial charge in [-0.05, 0) is 40.5 Å². The predicted octanol–water partition coefficient (Wildman–Crippen LogP) is 6.04. The first kappa shape index (κ1) is 15.8. The van der Waals surface area contributed by atoms with Gasteiger partial charge >= 0.3 is 0 Å². The number of halogens is 2. The monoisotopic (exact) mass is 398 g/mol. The first-order chi connectivity index (χ1) is 9.40. The summed E-state index contributed by atoms with van der Waals surface area (Å²) in [4.78, 5) is 0. The molecule has 1 atom stereocenters. The van der Waals surface area contributed by atoms with E-state index in [1.807, 2.05) is 6.07 Å². The van der Waals surface area contributed by atoms with E-state index in [1.165, 1.54) is 10.8 Å². The fourth-order valence-electron chi connectivity index (χ4n) is 2.01. The Morgan fingerprint density at radius 2 is 1.70 bits per heavy atom. The van der Waals surface area contributed by atoms with Gasteiger partial charge in [-0.25, -0.2) is 0 Å². The Bertz CT molecular complexity index is 587. The highest BCUT2D eigenvalue weighted by Crippen LogP contribution is 2.29. The van der Waals surface area contributed by atoms with E-state index >= 15 is 0 Å². The average Bonchev–Trinajstić information content (AvgIpc) is 2.38. The van der Waals surface area contributed by atoms with Crippen LogP contribution in [0.4, 0.5) is 0 Å². The van der Waals surface area contributed by atoms with Crippen LogP contribution in [0.15, 0.2) is 40.9 Å². The zero-order chi connectivity index (χ0) is 14.8. The third-order valence-corrected chi connectivity index (χ3v) is 4.91. The van der Waals surface area contributed by atoms with Gasteiger partial charge in [-0.1, -0.05) is 64.8 Å². The Morgan fingerprint density at radius 1 is 1.05 bits per heavy atom. The second-order valence-electron chi connectivity index (χ2n) is 6.18. The van der Waals surface area contributed by atoms with Crippen LogP contribution in [0.3, 0.4) is 0 Å². The van der Waals surface area contributed by atoms with Crippen LogP contribution in [0.2, 0.25) is 0 Å². The number of alkyl halides is 1. The molecule has 20 heavy (non-hydrogen) atoms. The minimum absolute atomic E-state index is 0.241. The van der Waals surface area contributed by atoms with Gasteiger partial charge in [0.15, 0.2) is 0 Å². The zero-order valence-electron chi connectivity index (χ0n) is 12.1. The number of rotatable bonds is 4. The summed E-state index contributed by atoms with van der Waals surface area (Å²) in [5.41, 5.74) is 0.241. The molecule has 0 aliphatic rings. The SMILES string of the molecule is CC(C)(C)C(CBr)COc1ccc2cc(Br)ccc2c1. The van der Waals surface area contributed by atoms with Crippen molar-refractivity contribution >= 4 is 42.6 Å². The summed E-state index contributed by atoms with van der Waals surface area (Å²) in [6.45, 7) is 7.48. The molecule has 1 unspecified atom stereocenters. The highest BCUT2D eigenvalue weighted by atomic mass is 79.9. The van der Waals surface area contributed by atoms with Crippen molar-refractivity contribution < 1.29 is 4.74 Å². The van der Waals surface area contributed by atoms with Gasteiger partial charge in [0.25, 0.3) is 0 Å². The van der Waals surface area contributed by atoms with E-state index in [2.05, 4.69) is 83.0 Å². The molecule has 0 amide bonds. The molecule has 0 heterocycles. The molecule has 3 heteroatoms. The van der Waals surface area contributed by atoms with Gasteiger partial charge in [-0.2, -0.15) is 0 Å². The topological polar surface area (TPSA) is 9.23 Å². The maximum Gasteiger partial charge on any atom is 0.119 e. The van der Waals surface area contributed by atoms with E-state index in [0.29, 0.717) is 5.92 Å². The van der Waals surface area contributed by atoms with Crippen LogP contribution in [0, 0.1) is 11.3 Å². The Hall–Kier alpha value is -0.540. The lowest BCUT2D eigenvalue weighted by molar-refractivity contribution is 0.166. The summed E-state index contributed by atoms with van der Waals surface area (Å²) >= 11 is 7.08. The van der Waals surface area contributed by atoms with Gasteiger partial charge < -0.3 is 4.74 Å². The van der Waals surface area contributed by atoms with E-state index in [4.69, 9.17) is 4.74 Å². The molecule has 0 saturated heterocycles. The van der Waals surface area contributed by atoms with Crippen LogP contribution in [0.25, 0.3) is 10.8 Å². The number of fused-ring (bicyclic) bond motifs is 1. The predicted molar refractivity (Wildman–Crippen MR) is 93.9 cm³/mol. The smallest absolute Gasteiger partial charge is 0.119 e. The molecule has 0 aliphatic carbocycles. The van der Waals surface area contributed by atoms with Crippen molar-refractivity contribution in [3.63, 3.8) is 0 Å². The Morgan fingerprint density at radius 3 is 2.35 bits per heavy atom. The maximum absolute atomic E-state index is 5.98. The summed E-state index contributed by atoms with van der Waals surface area (Å²) in [6.07, 6.45) is 0. The second kappa shape index (κ2) is 6.48. The van der Waals surface area contributed by atoms with Gasteiger partial charge in [0.1, 0.15) is 5.75 Å². The number of hydrogen-bond acceptors (Lipinski definition) is 1. The Kier molecular flexibility index (Phi) is 5.14. The fraction of sp³-hybridized carbons (Fsp3) is 0.412. The van der Waals surface area contributed by atoms with Crippen LogP contribution in [-0.2, 0) is 0 Å². The fourth-order valence-corrected chi connectivity index (χ4v) is 3.54. The molecule has 2 aromatic carbocycles. The molecule has 0 aromatic heterocycles. The first-order valence-electron chi connectivity index (χ1n) is 6.78. The Balaban J connectivity index is 2.12. The lowest BCUT2D eigenvalue weighted by Gasteiger charge is -2.29. The van der Waals surface area contributed by atoms with Crippen molar-refractivity contribution in [1.29, 1.82) is 0 Å². The molecule has 0 fully saturated rings. The molecule has 0 aliphatic heterocycles. The normalized spacial score (nSPS) is 13.4. The van der Waals surface area contributed by atoms with E-state index in [-0.39, 0.29) is 5.41 Å². The van der Waals surface area contributed by atoms with E-state index < -0.39 is 0 Å². The molecule has 0 bridgehead atoms. The molecule has 2 rings (SSSR count). The average molecular weight is 400 g/mol. The highest BCUT2D eigenvalue weighted by Gasteiger charge is 2.24. The van der Waals surface area contributed by atoms with Crippen molar-refractivity contribution in [2.24, 2.45) is 11.3 Å². The van der Waals surface area contributed by atoms with E-state index in [9.17, 15) is 0 Å². The third-order valence-electron chi connectivity index (χ3n) is 3.64. The molecule has 2 aromatic rings. The molecular formula is C17H20Br2O. The molecular weight excluding hydrogens is 380 g/mol. The first-order valence-corrected chi connectivity index (χ1v) is 8.69. The minimum Gasteiger partial charge on any atom is -0.493 e. The molecule has 0 N–H and O–H groups in total. The zero-order valence-corrected chi connectivity index (χ0v) is 15.3. The number of hydrogen-bond donors (Lipinski definition) is 0. The summed E-state index contributed by atoms with van der Waals surface area (Å²) < 4.78 is 7.08. The minimum atomic E-state index is 0.241. The van der Waals surface area contributed by atoms with Crippen LogP contribution in [0.5, 0.6) is 5.75 Å². The number of benzene rings is 2. The van der Waals surface area contributed by atoms with E-state index in [1.54, 1.807) is 0 Å². The van der Waals surface area contributed by atoms with E-state index in [0.717, 1.165) is 22.2 Å². The maximum atomic E-state index is 5.98. The standard InChI is InChI=1S/C17H20Br2O/c1-17(2,3)14(10-18)11-20-16-7-5-12-8-15(19)6-4-13(12)9-16/h4-9,14H,10-11H2,1-3H3. The lowest BCUT2D eigenvalue weighted by atomic mass is 9.83. The van der Waals surface area contributed by atoms with Gasteiger partial charge in [0.2, 0.25) is 0 Å². The summed E-state index contributed by atoms with van der Waals surface area (Å²) in [5.74, 6) is 1.43. The van der Waals surface area contributed by atoms with Crippen molar-refractivity contribution in [2.45, 2.75) is 20.8 Å². The molecule has 108 valence electrons. The molecule has 0 saturated carbocycles. The Labute approximate surface area is 138 Å². The summed E-state index contributed by atoms with van der Waals surface area (Å²) in [7, 11) is 0. The molecule has 0 spiro atoms. The highest BCUT2D eigenvalue weighted by molar-refractivity contribution is 9.10. The van der Waals surface area contributed by atoms with Crippen molar-refractivity contribution in [3.8, 4) is 5.75 Å². The summed E-state index contributed by atoms with van der Waals surface area (Å²) in [5, 5.41) is 3.38. The van der Waals surface area contributed by atoms with Gasteiger partial charge in [-0.15, -0.1) is 0 Å². The van der Waals surface area contributed by atoms with Crippen molar-refractivity contribution in [3.05, 3.63) is 40.9 Å².